The topological polar surface area (TPSA) is 30.2 Å². The Morgan fingerprint density at radius 3 is 2.91 bits per heavy atom. The maximum atomic E-state index is 4.95. The van der Waals surface area contributed by atoms with E-state index in [0.29, 0.717) is 0 Å². The van der Waals surface area contributed by atoms with Gasteiger partial charge in [-0.05, 0) is 36.9 Å². The zero-order chi connectivity index (χ0) is 15.1. The molecular formula is C17H15N3S2. The molecule has 22 heavy (non-hydrogen) atoms. The maximum Gasteiger partial charge on any atom is 0.128 e. The van der Waals surface area contributed by atoms with E-state index in [1.54, 1.807) is 22.7 Å². The smallest absolute Gasteiger partial charge is 0.128 e. The molecule has 4 heterocycles. The van der Waals surface area contributed by atoms with Crippen LogP contribution in [0.25, 0.3) is 27.3 Å². The van der Waals surface area contributed by atoms with E-state index < -0.39 is 0 Å². The molecule has 0 saturated heterocycles. The molecule has 110 valence electrons. The molecule has 0 amide bonds. The molecule has 0 aliphatic heterocycles. The molecule has 4 aromatic heterocycles. The normalized spacial score (nSPS) is 11.4. The Labute approximate surface area is 136 Å². The van der Waals surface area contributed by atoms with Crippen molar-refractivity contribution >= 4 is 28.2 Å². The van der Waals surface area contributed by atoms with Crippen molar-refractivity contribution < 1.29 is 0 Å². The summed E-state index contributed by atoms with van der Waals surface area (Å²) < 4.78 is 1.93. The highest BCUT2D eigenvalue weighted by molar-refractivity contribution is 7.15. The molecule has 3 nitrogen and oxygen atoms in total. The maximum absolute atomic E-state index is 4.95. The first-order chi connectivity index (χ1) is 10.8. The van der Waals surface area contributed by atoms with Gasteiger partial charge in [0, 0.05) is 22.0 Å². The lowest BCUT2D eigenvalue weighted by Gasteiger charge is -1.95. The lowest BCUT2D eigenvalue weighted by molar-refractivity contribution is 0.934. The number of fused-ring (bicyclic) bond motifs is 1. The minimum Gasteiger partial charge on any atom is -0.240 e. The van der Waals surface area contributed by atoms with Crippen LogP contribution in [0.5, 0.6) is 0 Å². The van der Waals surface area contributed by atoms with Gasteiger partial charge in [0.1, 0.15) is 5.01 Å². The summed E-state index contributed by atoms with van der Waals surface area (Å²) in [5.41, 5.74) is 5.64. The first-order valence-electron chi connectivity index (χ1n) is 7.24. The molecule has 0 unspecified atom stereocenters. The minimum atomic E-state index is 1.00. The minimum absolute atomic E-state index is 1.00. The first kappa shape index (κ1) is 13.7. The van der Waals surface area contributed by atoms with Crippen LogP contribution in [-0.4, -0.2) is 14.6 Å². The van der Waals surface area contributed by atoms with E-state index in [1.807, 2.05) is 22.8 Å². The van der Waals surface area contributed by atoms with E-state index in [0.717, 1.165) is 33.9 Å². The highest BCUT2D eigenvalue weighted by Gasteiger charge is 2.18. The van der Waals surface area contributed by atoms with Gasteiger partial charge >= 0.3 is 0 Å². The Hall–Kier alpha value is -1.98. The quantitative estimate of drug-likeness (QED) is 0.527. The molecule has 0 aliphatic carbocycles. The number of rotatable bonds is 3. The number of thiophene rings is 1. The van der Waals surface area contributed by atoms with Crippen molar-refractivity contribution in [1.82, 2.24) is 14.6 Å². The molecule has 0 atom stereocenters. The van der Waals surface area contributed by atoms with Gasteiger partial charge in [0.25, 0.3) is 0 Å². The fraction of sp³-hybridized carbons (Fsp3) is 0.176. The zero-order valence-corrected chi connectivity index (χ0v) is 14.0. The van der Waals surface area contributed by atoms with Crippen LogP contribution in [0, 0.1) is 6.92 Å². The van der Waals surface area contributed by atoms with Gasteiger partial charge in [-0.25, -0.2) is 9.50 Å². The van der Waals surface area contributed by atoms with Crippen LogP contribution in [0.4, 0.5) is 0 Å². The number of hydrogen-bond acceptors (Lipinski definition) is 4. The largest absolute Gasteiger partial charge is 0.240 e. The third kappa shape index (κ3) is 2.09. The number of nitrogens with zero attached hydrogens (tertiary/aromatic N) is 3. The molecule has 4 aromatic rings. The summed E-state index contributed by atoms with van der Waals surface area (Å²) in [5.74, 6) is 0. The van der Waals surface area contributed by atoms with Crippen LogP contribution in [0.1, 0.15) is 17.5 Å². The molecule has 0 aliphatic rings. The van der Waals surface area contributed by atoms with Gasteiger partial charge in [-0.15, -0.1) is 11.3 Å². The molecule has 0 radical (unpaired) electrons. The van der Waals surface area contributed by atoms with Gasteiger partial charge in [0.15, 0.2) is 0 Å². The Kier molecular flexibility index (Phi) is 3.32. The number of pyridine rings is 1. The lowest BCUT2D eigenvalue weighted by atomic mass is 10.2. The Bertz CT molecular complexity index is 932. The highest BCUT2D eigenvalue weighted by atomic mass is 32.1. The van der Waals surface area contributed by atoms with Crippen LogP contribution in [0.2, 0.25) is 0 Å². The molecule has 0 saturated carbocycles. The molecule has 0 spiro atoms. The van der Waals surface area contributed by atoms with Gasteiger partial charge in [-0.2, -0.15) is 16.4 Å². The van der Waals surface area contributed by atoms with Crippen molar-refractivity contribution in [1.29, 1.82) is 0 Å². The van der Waals surface area contributed by atoms with E-state index in [-0.39, 0.29) is 0 Å². The van der Waals surface area contributed by atoms with Crippen molar-refractivity contribution in [2.75, 3.05) is 0 Å². The van der Waals surface area contributed by atoms with Crippen LogP contribution < -0.4 is 0 Å². The lowest BCUT2D eigenvalue weighted by Crippen LogP contribution is -1.83. The van der Waals surface area contributed by atoms with Crippen LogP contribution in [-0.2, 0) is 6.42 Å². The second-order valence-electron chi connectivity index (χ2n) is 5.15. The van der Waals surface area contributed by atoms with Gasteiger partial charge < -0.3 is 0 Å². The Morgan fingerprint density at radius 1 is 1.23 bits per heavy atom. The average Bonchev–Trinajstić information content (AvgIpc) is 3.23. The molecule has 0 fully saturated rings. The highest BCUT2D eigenvalue weighted by Crippen LogP contribution is 2.37. The van der Waals surface area contributed by atoms with Crippen LogP contribution in [0.3, 0.4) is 0 Å². The van der Waals surface area contributed by atoms with E-state index >= 15 is 0 Å². The Morgan fingerprint density at radius 2 is 2.14 bits per heavy atom. The number of hydrogen-bond donors (Lipinski definition) is 0. The van der Waals surface area contributed by atoms with Gasteiger partial charge in [0.05, 0.1) is 22.5 Å². The molecule has 4 rings (SSSR count). The Balaban J connectivity index is 1.94. The average molecular weight is 325 g/mol. The third-order valence-electron chi connectivity index (χ3n) is 3.74. The summed E-state index contributed by atoms with van der Waals surface area (Å²) in [4.78, 5) is 6.28. The second kappa shape index (κ2) is 5.34. The number of aryl methyl sites for hydroxylation is 2. The van der Waals surface area contributed by atoms with Gasteiger partial charge in [-0.1, -0.05) is 13.0 Å². The second-order valence-corrected chi connectivity index (χ2v) is 7.01. The van der Waals surface area contributed by atoms with Crippen molar-refractivity contribution in [2.24, 2.45) is 0 Å². The standard InChI is InChI=1S/C17H15N3S2/c1-3-14-16(12-7-9-21-10-12)18-17(22-14)15-11(2)19-20-8-5-4-6-13(15)20/h4-10H,3H2,1-2H3. The fourth-order valence-corrected chi connectivity index (χ4v) is 4.47. The fourth-order valence-electron chi connectivity index (χ4n) is 2.70. The summed E-state index contributed by atoms with van der Waals surface area (Å²) in [6.07, 6.45) is 2.99. The van der Waals surface area contributed by atoms with Crippen molar-refractivity contribution in [3.63, 3.8) is 0 Å². The molecule has 0 bridgehead atoms. The summed E-state index contributed by atoms with van der Waals surface area (Å²) in [5, 5.41) is 9.94. The van der Waals surface area contributed by atoms with Crippen molar-refractivity contribution in [3.8, 4) is 21.8 Å². The van der Waals surface area contributed by atoms with Gasteiger partial charge in [0.2, 0.25) is 0 Å². The SMILES string of the molecule is CCc1sc(-c2c(C)nn3ccccc23)nc1-c1ccsc1. The van der Waals surface area contributed by atoms with Gasteiger partial charge in [-0.3, -0.25) is 0 Å². The van der Waals surface area contributed by atoms with E-state index in [1.165, 1.54) is 10.4 Å². The third-order valence-corrected chi connectivity index (χ3v) is 5.64. The van der Waals surface area contributed by atoms with E-state index in [4.69, 9.17) is 4.98 Å². The summed E-state index contributed by atoms with van der Waals surface area (Å²) in [7, 11) is 0. The van der Waals surface area contributed by atoms with E-state index in [9.17, 15) is 0 Å². The van der Waals surface area contributed by atoms with Crippen LogP contribution in [0.15, 0.2) is 41.2 Å². The molecule has 5 heteroatoms. The summed E-state index contributed by atoms with van der Waals surface area (Å²) in [6.45, 7) is 4.25. The van der Waals surface area contributed by atoms with Crippen molar-refractivity contribution in [2.45, 2.75) is 20.3 Å². The van der Waals surface area contributed by atoms with E-state index in [2.05, 4.69) is 41.8 Å². The summed E-state index contributed by atoms with van der Waals surface area (Å²) >= 11 is 3.50. The molecule has 0 aromatic carbocycles. The zero-order valence-electron chi connectivity index (χ0n) is 12.4. The number of thiazole rings is 1. The van der Waals surface area contributed by atoms with Crippen LogP contribution >= 0.6 is 22.7 Å². The predicted octanol–water partition coefficient (Wildman–Crippen LogP) is 5.06. The first-order valence-corrected chi connectivity index (χ1v) is 9.00. The number of aromatic nitrogens is 3. The molecular weight excluding hydrogens is 310 g/mol. The van der Waals surface area contributed by atoms with Crippen molar-refractivity contribution in [3.05, 3.63) is 51.8 Å². The monoisotopic (exact) mass is 325 g/mol. The predicted molar refractivity (Wildman–Crippen MR) is 93.7 cm³/mol. The summed E-state index contributed by atoms with van der Waals surface area (Å²) in [6, 6.07) is 8.30. The molecule has 0 N–H and O–H groups in total.